The van der Waals surface area contributed by atoms with Crippen LogP contribution in [0.5, 0.6) is 11.5 Å². The highest BCUT2D eigenvalue weighted by Gasteiger charge is 2.19. The Balaban J connectivity index is 2.02. The monoisotopic (exact) mass is 299 g/mol. The number of aromatic nitrogens is 1. The van der Waals surface area contributed by atoms with Crippen molar-refractivity contribution in [3.05, 3.63) is 35.9 Å². The van der Waals surface area contributed by atoms with Crippen LogP contribution in [0.25, 0.3) is 11.3 Å². The lowest BCUT2D eigenvalue weighted by Gasteiger charge is -2.31. The summed E-state index contributed by atoms with van der Waals surface area (Å²) in [6, 6.07) is 9.60. The molecule has 0 bridgehead atoms. The fourth-order valence-electron chi connectivity index (χ4n) is 2.67. The molecule has 1 saturated heterocycles. The van der Waals surface area contributed by atoms with Crippen LogP contribution in [0.2, 0.25) is 0 Å². The van der Waals surface area contributed by atoms with E-state index in [1.54, 1.807) is 20.3 Å². The molecule has 5 nitrogen and oxygen atoms in total. The molecule has 1 aromatic carbocycles. The van der Waals surface area contributed by atoms with Crippen LogP contribution in [-0.2, 0) is 6.54 Å². The minimum atomic E-state index is 0.489. The number of hydrogen-bond donors (Lipinski definition) is 1. The summed E-state index contributed by atoms with van der Waals surface area (Å²) in [6.07, 6.45) is 1.27. The third kappa shape index (κ3) is 2.85. The van der Waals surface area contributed by atoms with Crippen LogP contribution in [-0.4, -0.2) is 37.2 Å². The maximum absolute atomic E-state index is 5.79. The minimum Gasteiger partial charge on any atom is -0.496 e. The Morgan fingerprint density at radius 3 is 2.50 bits per heavy atom. The van der Waals surface area contributed by atoms with Gasteiger partial charge in [0.1, 0.15) is 17.3 Å². The molecule has 1 fully saturated rings. The van der Waals surface area contributed by atoms with Crippen LogP contribution >= 0.6 is 0 Å². The Hall–Kier alpha value is -2.27. The number of anilines is 1. The van der Waals surface area contributed by atoms with Crippen LogP contribution in [0.4, 0.5) is 5.82 Å². The largest absolute Gasteiger partial charge is 0.496 e. The SMILES string of the molecule is COc1cc(-c2cccc(N)n2)c(OC)cc1CN1CCC1. The van der Waals surface area contributed by atoms with E-state index < -0.39 is 0 Å². The highest BCUT2D eigenvalue weighted by molar-refractivity contribution is 5.71. The Morgan fingerprint density at radius 1 is 1.14 bits per heavy atom. The summed E-state index contributed by atoms with van der Waals surface area (Å²) in [6.45, 7) is 3.16. The molecule has 1 aliphatic heterocycles. The Bertz CT molecular complexity index is 669. The topological polar surface area (TPSA) is 60.6 Å². The zero-order valence-electron chi connectivity index (χ0n) is 13.0. The van der Waals surface area contributed by atoms with Gasteiger partial charge in [-0.05, 0) is 43.8 Å². The highest BCUT2D eigenvalue weighted by Crippen LogP contribution is 2.36. The number of ether oxygens (including phenoxy) is 2. The van der Waals surface area contributed by atoms with Gasteiger partial charge in [0.25, 0.3) is 0 Å². The molecular weight excluding hydrogens is 278 g/mol. The molecular formula is C17H21N3O2. The predicted molar refractivity (Wildman–Crippen MR) is 87.1 cm³/mol. The normalized spacial score (nSPS) is 14.5. The minimum absolute atomic E-state index is 0.489. The van der Waals surface area contributed by atoms with Gasteiger partial charge in [0, 0.05) is 17.7 Å². The van der Waals surface area contributed by atoms with Crippen LogP contribution in [0.3, 0.4) is 0 Å². The second-order valence-electron chi connectivity index (χ2n) is 5.44. The van der Waals surface area contributed by atoms with Gasteiger partial charge < -0.3 is 15.2 Å². The first-order chi connectivity index (χ1) is 10.7. The van der Waals surface area contributed by atoms with E-state index in [0.717, 1.165) is 48.0 Å². The van der Waals surface area contributed by atoms with Crippen molar-refractivity contribution < 1.29 is 9.47 Å². The van der Waals surface area contributed by atoms with Crippen molar-refractivity contribution in [1.82, 2.24) is 9.88 Å². The first-order valence-electron chi connectivity index (χ1n) is 7.41. The molecule has 0 aliphatic carbocycles. The number of nitrogens with zero attached hydrogens (tertiary/aromatic N) is 2. The highest BCUT2D eigenvalue weighted by atomic mass is 16.5. The maximum atomic E-state index is 5.79. The standard InChI is InChI=1S/C17H21N3O2/c1-21-15-10-13(14-5-3-6-17(18)19-14)16(22-2)9-12(15)11-20-7-4-8-20/h3,5-6,9-10H,4,7-8,11H2,1-2H3,(H2,18,19). The summed E-state index contributed by atoms with van der Waals surface area (Å²) in [5.41, 5.74) is 8.59. The van der Waals surface area contributed by atoms with E-state index in [1.165, 1.54) is 6.42 Å². The molecule has 2 N–H and O–H groups in total. The van der Waals surface area contributed by atoms with Gasteiger partial charge in [-0.15, -0.1) is 0 Å². The van der Waals surface area contributed by atoms with Crippen molar-refractivity contribution >= 4 is 5.82 Å². The molecule has 1 aromatic heterocycles. The number of likely N-dealkylation sites (tertiary alicyclic amines) is 1. The zero-order valence-corrected chi connectivity index (χ0v) is 13.0. The number of nitrogen functional groups attached to an aromatic ring is 1. The van der Waals surface area contributed by atoms with Crippen LogP contribution in [0, 0.1) is 0 Å². The average Bonchev–Trinajstić information content (AvgIpc) is 2.50. The molecule has 2 heterocycles. The van der Waals surface area contributed by atoms with Crippen molar-refractivity contribution in [1.29, 1.82) is 0 Å². The summed E-state index contributed by atoms with van der Waals surface area (Å²) in [5.74, 6) is 2.13. The van der Waals surface area contributed by atoms with Crippen molar-refractivity contribution in [2.75, 3.05) is 33.0 Å². The van der Waals surface area contributed by atoms with Gasteiger partial charge in [0.15, 0.2) is 0 Å². The van der Waals surface area contributed by atoms with Crippen LogP contribution in [0.1, 0.15) is 12.0 Å². The van der Waals surface area contributed by atoms with E-state index >= 15 is 0 Å². The fraction of sp³-hybridized carbons (Fsp3) is 0.353. The summed E-state index contributed by atoms with van der Waals surface area (Å²) in [7, 11) is 3.36. The Labute approximate surface area is 130 Å². The number of methoxy groups -OCH3 is 2. The number of nitrogens with two attached hydrogens (primary N) is 1. The smallest absolute Gasteiger partial charge is 0.128 e. The van der Waals surface area contributed by atoms with Gasteiger partial charge in [-0.1, -0.05) is 6.07 Å². The molecule has 116 valence electrons. The van der Waals surface area contributed by atoms with Crippen molar-refractivity contribution in [3.8, 4) is 22.8 Å². The lowest BCUT2D eigenvalue weighted by Crippen LogP contribution is -2.36. The molecule has 0 saturated carbocycles. The van der Waals surface area contributed by atoms with Gasteiger partial charge >= 0.3 is 0 Å². The molecule has 22 heavy (non-hydrogen) atoms. The molecule has 0 atom stereocenters. The average molecular weight is 299 g/mol. The van der Waals surface area contributed by atoms with Crippen LogP contribution < -0.4 is 15.2 Å². The van der Waals surface area contributed by atoms with E-state index in [9.17, 15) is 0 Å². The van der Waals surface area contributed by atoms with Gasteiger partial charge in [0.05, 0.1) is 19.9 Å². The number of hydrogen-bond acceptors (Lipinski definition) is 5. The third-order valence-electron chi connectivity index (χ3n) is 3.99. The molecule has 0 amide bonds. The van der Waals surface area contributed by atoms with Crippen molar-refractivity contribution in [2.45, 2.75) is 13.0 Å². The van der Waals surface area contributed by atoms with Crippen molar-refractivity contribution in [3.63, 3.8) is 0 Å². The van der Waals surface area contributed by atoms with E-state index in [1.807, 2.05) is 24.3 Å². The van der Waals surface area contributed by atoms with Crippen LogP contribution in [0.15, 0.2) is 30.3 Å². The summed E-state index contributed by atoms with van der Waals surface area (Å²) < 4.78 is 11.1. The molecule has 5 heteroatoms. The third-order valence-corrected chi connectivity index (χ3v) is 3.99. The molecule has 0 radical (unpaired) electrons. The number of benzene rings is 1. The lowest BCUT2D eigenvalue weighted by molar-refractivity contribution is 0.170. The summed E-state index contributed by atoms with van der Waals surface area (Å²) >= 11 is 0. The Kier molecular flexibility index (Phi) is 4.15. The van der Waals surface area contributed by atoms with Gasteiger partial charge in [-0.25, -0.2) is 4.98 Å². The number of rotatable bonds is 5. The van der Waals surface area contributed by atoms with E-state index in [2.05, 4.69) is 9.88 Å². The second-order valence-corrected chi connectivity index (χ2v) is 5.44. The quantitative estimate of drug-likeness (QED) is 0.919. The Morgan fingerprint density at radius 2 is 1.91 bits per heavy atom. The first-order valence-corrected chi connectivity index (χ1v) is 7.41. The first kappa shape index (κ1) is 14.7. The number of pyridine rings is 1. The zero-order chi connectivity index (χ0) is 15.5. The van der Waals surface area contributed by atoms with E-state index in [4.69, 9.17) is 15.2 Å². The van der Waals surface area contributed by atoms with Gasteiger partial charge in [-0.3, -0.25) is 4.90 Å². The fourth-order valence-corrected chi connectivity index (χ4v) is 2.67. The predicted octanol–water partition coefficient (Wildman–Crippen LogP) is 2.55. The van der Waals surface area contributed by atoms with Gasteiger partial charge in [0.2, 0.25) is 0 Å². The summed E-state index contributed by atoms with van der Waals surface area (Å²) in [5, 5.41) is 0. The maximum Gasteiger partial charge on any atom is 0.128 e. The van der Waals surface area contributed by atoms with Gasteiger partial charge in [-0.2, -0.15) is 0 Å². The molecule has 2 aromatic rings. The molecule has 1 aliphatic rings. The summed E-state index contributed by atoms with van der Waals surface area (Å²) in [4.78, 5) is 6.76. The van der Waals surface area contributed by atoms with Crippen molar-refractivity contribution in [2.24, 2.45) is 0 Å². The van der Waals surface area contributed by atoms with E-state index in [-0.39, 0.29) is 0 Å². The second kappa shape index (κ2) is 6.23. The molecule has 3 rings (SSSR count). The molecule has 0 unspecified atom stereocenters. The molecule has 0 spiro atoms. The van der Waals surface area contributed by atoms with E-state index in [0.29, 0.717) is 5.82 Å². The lowest BCUT2D eigenvalue weighted by atomic mass is 10.0.